The lowest BCUT2D eigenvalue weighted by Crippen LogP contribution is -2.41. The average molecular weight is 422 g/mol. The molecule has 1 N–H and O–H groups in total. The number of hydrogen-bond acceptors (Lipinski definition) is 1. The van der Waals surface area contributed by atoms with Crippen molar-refractivity contribution in [3.8, 4) is 0 Å². The minimum atomic E-state index is 0.0279. The van der Waals surface area contributed by atoms with E-state index in [-0.39, 0.29) is 5.91 Å². The van der Waals surface area contributed by atoms with Crippen molar-refractivity contribution in [1.82, 2.24) is 5.32 Å². The minimum Gasteiger partial charge on any atom is -0.351 e. The Morgan fingerprint density at radius 3 is 2.78 bits per heavy atom. The van der Waals surface area contributed by atoms with Crippen LogP contribution in [0.4, 0.5) is 0 Å². The van der Waals surface area contributed by atoms with Gasteiger partial charge in [-0.15, -0.1) is 0 Å². The largest absolute Gasteiger partial charge is 0.351 e. The van der Waals surface area contributed by atoms with Crippen molar-refractivity contribution in [3.63, 3.8) is 0 Å². The van der Waals surface area contributed by atoms with Gasteiger partial charge in [0.2, 0.25) is 0 Å². The predicted octanol–water partition coefficient (Wildman–Crippen LogP) is 4.36. The molecule has 0 atom stereocenters. The molecule has 18 heavy (non-hydrogen) atoms. The summed E-state index contributed by atoms with van der Waals surface area (Å²) >= 11 is 5.66. The first-order valence-electron chi connectivity index (χ1n) is 6.29. The topological polar surface area (TPSA) is 29.1 Å². The maximum Gasteiger partial charge on any atom is 0.252 e. The molecule has 0 spiro atoms. The van der Waals surface area contributed by atoms with Gasteiger partial charge in [0.1, 0.15) is 0 Å². The van der Waals surface area contributed by atoms with E-state index in [0.29, 0.717) is 5.41 Å². The molecule has 2 nitrogen and oxygen atoms in total. The van der Waals surface area contributed by atoms with Gasteiger partial charge in [0, 0.05) is 14.6 Å². The fourth-order valence-corrected chi connectivity index (χ4v) is 3.28. The monoisotopic (exact) mass is 421 g/mol. The Kier molecular flexibility index (Phi) is 4.69. The molecular formula is C14H17BrINO. The number of carbonyl (C=O) groups is 1. The standard InChI is InChI=1S/C14H17BrINO/c1-2-14(6-3-7-14)9-17-13(18)11-8-10(16)4-5-12(11)15/h4-5,8H,2-3,6-7,9H2,1H3,(H,17,18). The van der Waals surface area contributed by atoms with Crippen LogP contribution in [0.15, 0.2) is 22.7 Å². The Hall–Kier alpha value is -0.100. The Morgan fingerprint density at radius 2 is 2.22 bits per heavy atom. The molecule has 0 saturated heterocycles. The van der Waals surface area contributed by atoms with Crippen molar-refractivity contribution < 1.29 is 4.79 Å². The number of nitrogens with one attached hydrogen (secondary N) is 1. The van der Waals surface area contributed by atoms with Crippen LogP contribution in [0.5, 0.6) is 0 Å². The third-order valence-corrected chi connectivity index (χ3v) is 5.32. The first-order valence-corrected chi connectivity index (χ1v) is 8.17. The lowest BCUT2D eigenvalue weighted by molar-refractivity contribution is 0.0849. The number of benzene rings is 1. The lowest BCUT2D eigenvalue weighted by Gasteiger charge is -2.41. The molecule has 0 heterocycles. The van der Waals surface area contributed by atoms with Gasteiger partial charge in [-0.05, 0) is 81.4 Å². The van der Waals surface area contributed by atoms with Gasteiger partial charge in [-0.25, -0.2) is 0 Å². The van der Waals surface area contributed by atoms with E-state index in [1.807, 2.05) is 18.2 Å². The van der Waals surface area contributed by atoms with Crippen molar-refractivity contribution in [3.05, 3.63) is 31.8 Å². The van der Waals surface area contributed by atoms with Gasteiger partial charge >= 0.3 is 0 Å². The van der Waals surface area contributed by atoms with Crippen LogP contribution in [0.1, 0.15) is 43.0 Å². The zero-order valence-corrected chi connectivity index (χ0v) is 14.2. The number of rotatable bonds is 4. The molecule has 1 aromatic carbocycles. The van der Waals surface area contributed by atoms with Gasteiger partial charge in [0.05, 0.1) is 5.56 Å². The molecule has 0 aliphatic heterocycles. The summed E-state index contributed by atoms with van der Waals surface area (Å²) in [6, 6.07) is 5.83. The van der Waals surface area contributed by atoms with E-state index in [1.165, 1.54) is 19.3 Å². The molecule has 1 aliphatic carbocycles. The number of hydrogen-bond donors (Lipinski definition) is 1. The van der Waals surface area contributed by atoms with Gasteiger partial charge in [-0.3, -0.25) is 4.79 Å². The van der Waals surface area contributed by atoms with Crippen LogP contribution >= 0.6 is 38.5 Å². The Labute approximate surface area is 130 Å². The fourth-order valence-electron chi connectivity index (χ4n) is 2.37. The minimum absolute atomic E-state index is 0.0279. The number of amides is 1. The third kappa shape index (κ3) is 3.07. The summed E-state index contributed by atoms with van der Waals surface area (Å²) in [7, 11) is 0. The van der Waals surface area contributed by atoms with Crippen LogP contribution in [-0.4, -0.2) is 12.5 Å². The molecule has 1 aromatic rings. The van der Waals surface area contributed by atoms with Crippen LogP contribution in [0.2, 0.25) is 0 Å². The zero-order chi connectivity index (χ0) is 13.2. The lowest BCUT2D eigenvalue weighted by atomic mass is 9.67. The number of halogens is 2. The second kappa shape index (κ2) is 5.90. The molecule has 0 radical (unpaired) electrons. The summed E-state index contributed by atoms with van der Waals surface area (Å²) in [6.45, 7) is 3.02. The summed E-state index contributed by atoms with van der Waals surface area (Å²) in [4.78, 5) is 12.2. The van der Waals surface area contributed by atoms with Gasteiger partial charge in [0.25, 0.3) is 5.91 Å². The Balaban J connectivity index is 2.01. The van der Waals surface area contributed by atoms with Crippen LogP contribution in [-0.2, 0) is 0 Å². The van der Waals surface area contributed by atoms with Gasteiger partial charge in [-0.2, -0.15) is 0 Å². The normalized spacial score (nSPS) is 17.1. The summed E-state index contributed by atoms with van der Waals surface area (Å²) in [5.74, 6) is 0.0279. The second-order valence-corrected chi connectivity index (χ2v) is 7.11. The summed E-state index contributed by atoms with van der Waals surface area (Å²) in [5, 5.41) is 3.09. The third-order valence-electron chi connectivity index (χ3n) is 3.96. The molecule has 0 bridgehead atoms. The van der Waals surface area contributed by atoms with E-state index >= 15 is 0 Å². The second-order valence-electron chi connectivity index (χ2n) is 5.01. The molecule has 1 aliphatic rings. The van der Waals surface area contributed by atoms with Crippen LogP contribution < -0.4 is 5.32 Å². The highest BCUT2D eigenvalue weighted by Crippen LogP contribution is 2.43. The van der Waals surface area contributed by atoms with Crippen molar-refractivity contribution >= 4 is 44.4 Å². The van der Waals surface area contributed by atoms with Crippen molar-refractivity contribution in [2.45, 2.75) is 32.6 Å². The average Bonchev–Trinajstić information content (AvgIpc) is 2.31. The van der Waals surface area contributed by atoms with Gasteiger partial charge < -0.3 is 5.32 Å². The highest BCUT2D eigenvalue weighted by atomic mass is 127. The molecule has 98 valence electrons. The molecule has 1 saturated carbocycles. The maximum absolute atomic E-state index is 12.2. The maximum atomic E-state index is 12.2. The van der Waals surface area contributed by atoms with Crippen molar-refractivity contribution in [2.24, 2.45) is 5.41 Å². The molecule has 1 fully saturated rings. The van der Waals surface area contributed by atoms with Gasteiger partial charge in [-0.1, -0.05) is 13.3 Å². The summed E-state index contributed by atoms with van der Waals surface area (Å²) in [6.07, 6.45) is 4.95. The van der Waals surface area contributed by atoms with E-state index in [1.54, 1.807) is 0 Å². The van der Waals surface area contributed by atoms with E-state index in [2.05, 4.69) is 50.8 Å². The van der Waals surface area contributed by atoms with Crippen LogP contribution in [0.25, 0.3) is 0 Å². The first-order chi connectivity index (χ1) is 8.56. The molecule has 0 unspecified atom stereocenters. The molecule has 0 aromatic heterocycles. The predicted molar refractivity (Wildman–Crippen MR) is 85.8 cm³/mol. The summed E-state index contributed by atoms with van der Waals surface area (Å²) in [5.41, 5.74) is 1.09. The Morgan fingerprint density at radius 1 is 1.50 bits per heavy atom. The van der Waals surface area contributed by atoms with E-state index in [4.69, 9.17) is 0 Å². The zero-order valence-electron chi connectivity index (χ0n) is 10.4. The molecule has 4 heteroatoms. The SMILES string of the molecule is CCC1(CNC(=O)c2cc(I)ccc2Br)CCC1. The fraction of sp³-hybridized carbons (Fsp3) is 0.500. The Bertz CT molecular complexity index is 452. The van der Waals surface area contributed by atoms with Crippen LogP contribution in [0, 0.1) is 8.99 Å². The van der Waals surface area contributed by atoms with Gasteiger partial charge in [0.15, 0.2) is 0 Å². The highest BCUT2D eigenvalue weighted by molar-refractivity contribution is 14.1. The first kappa shape index (κ1) is 14.3. The smallest absolute Gasteiger partial charge is 0.252 e. The van der Waals surface area contributed by atoms with E-state index in [0.717, 1.165) is 26.6 Å². The number of carbonyl (C=O) groups excluding carboxylic acids is 1. The van der Waals surface area contributed by atoms with Crippen molar-refractivity contribution in [2.75, 3.05) is 6.54 Å². The molecule has 1 amide bonds. The van der Waals surface area contributed by atoms with Crippen molar-refractivity contribution in [1.29, 1.82) is 0 Å². The summed E-state index contributed by atoms with van der Waals surface area (Å²) < 4.78 is 1.94. The van der Waals surface area contributed by atoms with E-state index < -0.39 is 0 Å². The quantitative estimate of drug-likeness (QED) is 0.718. The van der Waals surface area contributed by atoms with Crippen LogP contribution in [0.3, 0.4) is 0 Å². The molecular weight excluding hydrogens is 405 g/mol. The molecule has 2 rings (SSSR count). The highest BCUT2D eigenvalue weighted by Gasteiger charge is 2.35. The van der Waals surface area contributed by atoms with E-state index in [9.17, 15) is 4.79 Å².